The summed E-state index contributed by atoms with van der Waals surface area (Å²) in [5.41, 5.74) is 0. The third-order valence-electron chi connectivity index (χ3n) is 16.0. The average Bonchev–Trinajstić information content (AvgIpc) is 3.34. The van der Waals surface area contributed by atoms with Crippen LogP contribution in [0.15, 0.2) is 97.2 Å². The highest BCUT2D eigenvalue weighted by atomic mass is 16.7. The third-order valence-corrected chi connectivity index (χ3v) is 16.0. The fourth-order valence-corrected chi connectivity index (χ4v) is 10.4. The summed E-state index contributed by atoms with van der Waals surface area (Å²) in [6.07, 6.45) is 71.4. The number of rotatable bonds is 59. The molecular weight excluding hydrogens is 1060 g/mol. The van der Waals surface area contributed by atoms with E-state index in [1.165, 1.54) is 135 Å². The molecule has 1 heterocycles. The molecule has 1 fully saturated rings. The van der Waals surface area contributed by atoms with E-state index in [9.17, 15) is 35.1 Å². The number of aliphatic hydroxyl groups is 5. The third kappa shape index (κ3) is 48.2. The van der Waals surface area contributed by atoms with E-state index < -0.39 is 67.4 Å². The maximum Gasteiger partial charge on any atom is 0.306 e. The molecule has 0 spiro atoms. The Morgan fingerprint density at radius 2 is 0.812 bits per heavy atom. The standard InChI is InChI=1S/C74H129NO10/c1-4-7-10-13-16-19-22-25-27-29-31-32-33-34-35-36-37-39-41-44-47-50-53-56-59-62-69(79)85-72-71(81)70(80)68(63-76)84-74(72)83-64-65(66(77)60-57-54-51-48-45-42-24-21-18-15-12-9-6-3)75-73(82)67(78)61-58-55-52-49-46-43-40-38-30-28-26-23-20-17-14-11-8-5-2/h16-17,19-20,25-28,31-32,34-35,38,40,57,60,65-68,70-72,74,76-78,80-81H,4-15,18,21-24,29-30,33,36-37,39,41-56,58-59,61-64H2,1-3H3,(H,75,82)/b19-16-,20-17-,27-25-,28-26-,32-31-,35-34-,40-38-,60-57+. The fraction of sp³-hybridized carbons (Fsp3) is 0.757. The summed E-state index contributed by atoms with van der Waals surface area (Å²) in [6, 6.07) is -1.04. The van der Waals surface area contributed by atoms with E-state index in [4.69, 9.17) is 14.2 Å². The highest BCUT2D eigenvalue weighted by Gasteiger charge is 2.47. The number of carbonyl (C=O) groups is 2. The van der Waals surface area contributed by atoms with Crippen LogP contribution in [0, 0.1) is 0 Å². The zero-order valence-corrected chi connectivity index (χ0v) is 54.5. The second-order valence-corrected chi connectivity index (χ2v) is 23.9. The van der Waals surface area contributed by atoms with Crippen LogP contribution in [0.1, 0.15) is 297 Å². The lowest BCUT2D eigenvalue weighted by molar-refractivity contribution is -0.305. The van der Waals surface area contributed by atoms with Crippen LogP contribution in [0.4, 0.5) is 0 Å². The topological polar surface area (TPSA) is 175 Å². The number of aliphatic hydroxyl groups excluding tert-OH is 5. The number of unbranched alkanes of at least 4 members (excludes halogenated alkanes) is 31. The summed E-state index contributed by atoms with van der Waals surface area (Å²) < 4.78 is 17.7. The van der Waals surface area contributed by atoms with Crippen molar-refractivity contribution >= 4 is 11.9 Å². The molecule has 0 bridgehead atoms. The zero-order chi connectivity index (χ0) is 61.7. The normalized spacial score (nSPS) is 19.0. The van der Waals surface area contributed by atoms with Gasteiger partial charge in [-0.05, 0) is 109 Å². The summed E-state index contributed by atoms with van der Waals surface area (Å²) in [6.45, 7) is 5.74. The van der Waals surface area contributed by atoms with Crippen molar-refractivity contribution in [2.24, 2.45) is 0 Å². The molecule has 11 nitrogen and oxygen atoms in total. The van der Waals surface area contributed by atoms with Crippen LogP contribution in [0.3, 0.4) is 0 Å². The summed E-state index contributed by atoms with van der Waals surface area (Å²) in [5.74, 6) is -1.21. The second kappa shape index (κ2) is 60.8. The number of allylic oxidation sites excluding steroid dienone is 15. The highest BCUT2D eigenvalue weighted by molar-refractivity contribution is 5.80. The lowest BCUT2D eigenvalue weighted by Crippen LogP contribution is -2.61. The molecule has 1 aliphatic rings. The molecule has 0 saturated carbocycles. The molecule has 0 aromatic rings. The predicted octanol–water partition coefficient (Wildman–Crippen LogP) is 17.8. The number of carbonyl (C=O) groups excluding carboxylic acids is 2. The number of ether oxygens (including phenoxy) is 3. The summed E-state index contributed by atoms with van der Waals surface area (Å²) in [4.78, 5) is 26.7. The smallest absolute Gasteiger partial charge is 0.306 e. The first-order valence-electron chi connectivity index (χ1n) is 35.0. The van der Waals surface area contributed by atoms with Gasteiger partial charge in [0.2, 0.25) is 5.91 Å². The highest BCUT2D eigenvalue weighted by Crippen LogP contribution is 2.26. The molecule has 6 N–H and O–H groups in total. The minimum atomic E-state index is -1.62. The Labute approximate surface area is 520 Å². The molecule has 85 heavy (non-hydrogen) atoms. The Balaban J connectivity index is 2.62. The average molecular weight is 1190 g/mol. The second-order valence-electron chi connectivity index (χ2n) is 23.9. The van der Waals surface area contributed by atoms with Crippen molar-refractivity contribution in [3.63, 3.8) is 0 Å². The Morgan fingerprint density at radius 3 is 1.24 bits per heavy atom. The van der Waals surface area contributed by atoms with E-state index in [0.717, 1.165) is 116 Å². The largest absolute Gasteiger partial charge is 0.454 e. The summed E-state index contributed by atoms with van der Waals surface area (Å²) >= 11 is 0. The van der Waals surface area contributed by atoms with Crippen LogP contribution in [-0.2, 0) is 23.8 Å². The number of amides is 1. The van der Waals surface area contributed by atoms with Crippen molar-refractivity contribution in [2.75, 3.05) is 13.2 Å². The summed E-state index contributed by atoms with van der Waals surface area (Å²) in [7, 11) is 0. The van der Waals surface area contributed by atoms with Gasteiger partial charge in [0, 0.05) is 6.42 Å². The summed E-state index contributed by atoms with van der Waals surface area (Å²) in [5, 5.41) is 57.2. The molecule has 8 atom stereocenters. The van der Waals surface area contributed by atoms with E-state index in [2.05, 4.69) is 111 Å². The van der Waals surface area contributed by atoms with Crippen LogP contribution >= 0.6 is 0 Å². The zero-order valence-electron chi connectivity index (χ0n) is 54.5. The van der Waals surface area contributed by atoms with Gasteiger partial charge in [-0.1, -0.05) is 279 Å². The van der Waals surface area contributed by atoms with Gasteiger partial charge >= 0.3 is 5.97 Å². The number of hydrogen-bond donors (Lipinski definition) is 6. The first-order chi connectivity index (χ1) is 41.7. The molecule has 0 radical (unpaired) electrons. The fourth-order valence-electron chi connectivity index (χ4n) is 10.4. The SMILES string of the molecule is CCCCC/C=C\C/C=C\C/C=C\C/C=C\CCCCCCCCCCCC(=O)OC1C(OCC(NC(=O)C(O)CCCCCCC/C=C\C/C=C\C/C=C\CCCCC)C(O)/C=C/CCCCCCCCCCCCC)OC(CO)C(O)C1O. The first kappa shape index (κ1) is 79.6. The minimum absolute atomic E-state index is 0.111. The van der Waals surface area contributed by atoms with Gasteiger partial charge < -0.3 is 45.1 Å². The Bertz CT molecular complexity index is 1750. The van der Waals surface area contributed by atoms with Crippen molar-refractivity contribution in [3.05, 3.63) is 97.2 Å². The van der Waals surface area contributed by atoms with Crippen LogP contribution in [0.25, 0.3) is 0 Å². The van der Waals surface area contributed by atoms with Gasteiger partial charge in [0.25, 0.3) is 0 Å². The van der Waals surface area contributed by atoms with Crippen molar-refractivity contribution in [1.82, 2.24) is 5.32 Å². The van der Waals surface area contributed by atoms with Gasteiger partial charge in [0.1, 0.15) is 24.4 Å². The quantitative estimate of drug-likeness (QED) is 0.0195. The molecule has 490 valence electrons. The van der Waals surface area contributed by atoms with Gasteiger partial charge in [-0.15, -0.1) is 0 Å². The van der Waals surface area contributed by atoms with Gasteiger partial charge in [0.15, 0.2) is 12.4 Å². The lowest BCUT2D eigenvalue weighted by atomic mass is 9.99. The number of esters is 1. The van der Waals surface area contributed by atoms with E-state index in [1.807, 2.05) is 6.08 Å². The van der Waals surface area contributed by atoms with E-state index in [0.29, 0.717) is 12.8 Å². The van der Waals surface area contributed by atoms with Crippen LogP contribution in [0.2, 0.25) is 0 Å². The first-order valence-corrected chi connectivity index (χ1v) is 35.0. The lowest BCUT2D eigenvalue weighted by Gasteiger charge is -2.41. The van der Waals surface area contributed by atoms with Crippen molar-refractivity contribution in [3.8, 4) is 0 Å². The van der Waals surface area contributed by atoms with Gasteiger partial charge in [-0.3, -0.25) is 9.59 Å². The molecule has 0 aliphatic carbocycles. The van der Waals surface area contributed by atoms with Gasteiger partial charge in [-0.2, -0.15) is 0 Å². The molecule has 11 heteroatoms. The molecule has 1 rings (SSSR count). The van der Waals surface area contributed by atoms with Gasteiger partial charge in [-0.25, -0.2) is 0 Å². The maximum atomic E-state index is 13.5. The van der Waals surface area contributed by atoms with Crippen LogP contribution in [0.5, 0.6) is 0 Å². The molecule has 0 aromatic heterocycles. The van der Waals surface area contributed by atoms with Gasteiger partial charge in [0.05, 0.1) is 25.4 Å². The van der Waals surface area contributed by atoms with Crippen molar-refractivity contribution in [1.29, 1.82) is 0 Å². The maximum absolute atomic E-state index is 13.5. The Kier molecular flexibility index (Phi) is 57.0. The van der Waals surface area contributed by atoms with E-state index in [1.54, 1.807) is 6.08 Å². The van der Waals surface area contributed by atoms with Crippen molar-refractivity contribution < 1.29 is 49.3 Å². The van der Waals surface area contributed by atoms with Crippen LogP contribution in [-0.4, -0.2) is 99.6 Å². The number of hydrogen-bond acceptors (Lipinski definition) is 10. The minimum Gasteiger partial charge on any atom is -0.454 e. The predicted molar refractivity (Wildman–Crippen MR) is 356 cm³/mol. The molecular formula is C74H129NO10. The molecule has 0 aromatic carbocycles. The Hall–Kier alpha value is -3.42. The molecule has 1 amide bonds. The molecule has 8 unspecified atom stereocenters. The monoisotopic (exact) mass is 1190 g/mol. The number of nitrogens with one attached hydrogen (secondary N) is 1. The van der Waals surface area contributed by atoms with Crippen LogP contribution < -0.4 is 5.32 Å². The van der Waals surface area contributed by atoms with E-state index in [-0.39, 0.29) is 19.4 Å². The van der Waals surface area contributed by atoms with Crippen molar-refractivity contribution in [2.45, 2.75) is 346 Å². The molecule has 1 aliphatic heterocycles. The Morgan fingerprint density at radius 1 is 0.459 bits per heavy atom. The molecule has 1 saturated heterocycles. The van der Waals surface area contributed by atoms with E-state index >= 15 is 0 Å².